The average Bonchev–Trinajstić information content (AvgIpc) is 2.88. The number of nitrogens with one attached hydrogen (secondary N) is 1. The van der Waals surface area contributed by atoms with E-state index in [1.54, 1.807) is 6.92 Å². The van der Waals surface area contributed by atoms with Crippen LogP contribution < -0.4 is 5.32 Å². The molecule has 0 atom stereocenters. The number of hydrogen-bond acceptors (Lipinski definition) is 5. The third-order valence-corrected chi connectivity index (χ3v) is 4.05. The fourth-order valence-electron chi connectivity index (χ4n) is 1.76. The second-order valence-electron chi connectivity index (χ2n) is 4.39. The Morgan fingerprint density at radius 3 is 2.76 bits per heavy atom. The van der Waals surface area contributed by atoms with Crippen molar-refractivity contribution < 1.29 is 9.63 Å². The predicted octanol–water partition coefficient (Wildman–Crippen LogP) is 3.59. The van der Waals surface area contributed by atoms with E-state index in [4.69, 9.17) is 4.84 Å². The van der Waals surface area contributed by atoms with Crippen LogP contribution in [0.15, 0.2) is 35.5 Å². The molecule has 1 N–H and O–H groups in total. The topological polar surface area (TPSA) is 63.6 Å². The highest BCUT2D eigenvalue weighted by Gasteiger charge is 2.12. The molecule has 110 valence electrons. The first-order valence-corrected chi connectivity index (χ1v) is 7.46. The molecule has 1 aromatic heterocycles. The van der Waals surface area contributed by atoms with Crippen LogP contribution in [0.3, 0.4) is 0 Å². The molecule has 0 aliphatic carbocycles. The molecular weight excluding hydrogens is 286 g/mol. The van der Waals surface area contributed by atoms with Crippen molar-refractivity contribution in [2.45, 2.75) is 20.8 Å². The second-order valence-corrected chi connectivity index (χ2v) is 5.38. The van der Waals surface area contributed by atoms with Gasteiger partial charge in [-0.1, -0.05) is 35.5 Å². The van der Waals surface area contributed by atoms with E-state index >= 15 is 0 Å². The highest BCUT2D eigenvalue weighted by atomic mass is 32.1. The van der Waals surface area contributed by atoms with Crippen molar-refractivity contribution in [2.24, 2.45) is 5.16 Å². The summed E-state index contributed by atoms with van der Waals surface area (Å²) in [5.74, 6) is 0. The Morgan fingerprint density at radius 2 is 2.10 bits per heavy atom. The maximum absolute atomic E-state index is 11.2. The van der Waals surface area contributed by atoms with Crippen molar-refractivity contribution in [3.63, 3.8) is 0 Å². The molecule has 21 heavy (non-hydrogen) atoms. The molecule has 0 spiro atoms. The fourth-order valence-corrected chi connectivity index (χ4v) is 2.77. The van der Waals surface area contributed by atoms with Crippen LogP contribution in [0.25, 0.3) is 10.6 Å². The van der Waals surface area contributed by atoms with Gasteiger partial charge in [0.15, 0.2) is 0 Å². The van der Waals surface area contributed by atoms with Crippen molar-refractivity contribution in [2.75, 3.05) is 6.54 Å². The quantitative estimate of drug-likeness (QED) is 0.533. The smallest absolute Gasteiger partial charge is 0.320 e. The number of amides is 1. The molecule has 5 nitrogen and oxygen atoms in total. The van der Waals surface area contributed by atoms with Gasteiger partial charge in [-0.25, -0.2) is 9.78 Å². The van der Waals surface area contributed by atoms with Crippen LogP contribution in [0.4, 0.5) is 4.79 Å². The average molecular weight is 303 g/mol. The van der Waals surface area contributed by atoms with Gasteiger partial charge >= 0.3 is 6.09 Å². The first kappa shape index (κ1) is 15.2. The first-order valence-electron chi connectivity index (χ1n) is 6.64. The molecule has 0 aliphatic rings. The third kappa shape index (κ3) is 3.88. The Balaban J connectivity index is 2.19. The highest BCUT2D eigenvalue weighted by molar-refractivity contribution is 7.17. The van der Waals surface area contributed by atoms with Crippen molar-refractivity contribution in [1.29, 1.82) is 0 Å². The lowest BCUT2D eigenvalue weighted by atomic mass is 10.2. The summed E-state index contributed by atoms with van der Waals surface area (Å²) in [5, 5.41) is 7.30. The Kier molecular flexibility index (Phi) is 5.05. The molecule has 0 aliphatic heterocycles. The van der Waals surface area contributed by atoms with Gasteiger partial charge in [0.25, 0.3) is 0 Å². The molecule has 1 amide bonds. The summed E-state index contributed by atoms with van der Waals surface area (Å²) in [6.07, 6.45) is -0.553. The van der Waals surface area contributed by atoms with Crippen LogP contribution in [-0.4, -0.2) is 23.3 Å². The second kappa shape index (κ2) is 6.99. The maximum Gasteiger partial charge on any atom is 0.433 e. The number of aromatic nitrogens is 1. The van der Waals surface area contributed by atoms with Crippen LogP contribution >= 0.6 is 11.3 Å². The van der Waals surface area contributed by atoms with Crippen molar-refractivity contribution >= 4 is 23.1 Å². The molecule has 2 rings (SSSR count). The number of carbonyl (C=O) groups excluding carboxylic acids is 1. The number of oxime groups is 1. The highest BCUT2D eigenvalue weighted by Crippen LogP contribution is 2.28. The van der Waals surface area contributed by atoms with E-state index in [0.29, 0.717) is 12.3 Å². The van der Waals surface area contributed by atoms with E-state index in [-0.39, 0.29) is 0 Å². The largest absolute Gasteiger partial charge is 0.433 e. The van der Waals surface area contributed by atoms with Crippen molar-refractivity contribution in [3.8, 4) is 10.6 Å². The lowest BCUT2D eigenvalue weighted by Gasteiger charge is -1.99. The van der Waals surface area contributed by atoms with Crippen LogP contribution in [0.1, 0.15) is 24.4 Å². The number of aryl methyl sites for hydroxylation is 1. The van der Waals surface area contributed by atoms with Crippen LogP contribution in [0.5, 0.6) is 0 Å². The third-order valence-electron chi connectivity index (χ3n) is 2.73. The molecule has 6 heteroatoms. The number of carbonyl (C=O) groups is 1. The Hall–Kier alpha value is -2.21. The van der Waals surface area contributed by atoms with E-state index in [9.17, 15) is 4.79 Å². The van der Waals surface area contributed by atoms with Gasteiger partial charge in [-0.05, 0) is 20.8 Å². The van der Waals surface area contributed by atoms with Gasteiger partial charge in [-0.15, -0.1) is 11.3 Å². The van der Waals surface area contributed by atoms with E-state index in [0.717, 1.165) is 21.1 Å². The van der Waals surface area contributed by atoms with E-state index in [1.807, 2.05) is 44.2 Å². The first-order chi connectivity index (χ1) is 10.1. The zero-order valence-electron chi connectivity index (χ0n) is 12.2. The minimum Gasteiger partial charge on any atom is -0.320 e. The van der Waals surface area contributed by atoms with Gasteiger partial charge < -0.3 is 5.32 Å². The molecule has 0 fully saturated rings. The van der Waals surface area contributed by atoms with E-state index < -0.39 is 6.09 Å². The lowest BCUT2D eigenvalue weighted by Crippen LogP contribution is -2.22. The summed E-state index contributed by atoms with van der Waals surface area (Å²) in [7, 11) is 0. The summed E-state index contributed by atoms with van der Waals surface area (Å²) < 4.78 is 0. The summed E-state index contributed by atoms with van der Waals surface area (Å²) >= 11 is 1.53. The molecule has 0 bridgehead atoms. The van der Waals surface area contributed by atoms with Gasteiger partial charge in [0.2, 0.25) is 0 Å². The summed E-state index contributed by atoms with van der Waals surface area (Å²) in [5.41, 5.74) is 2.58. The summed E-state index contributed by atoms with van der Waals surface area (Å²) in [6.45, 7) is 6.04. The molecule has 2 aromatic rings. The predicted molar refractivity (Wildman–Crippen MR) is 84.7 cm³/mol. The number of thiazole rings is 1. The van der Waals surface area contributed by atoms with Gasteiger partial charge in [-0.3, -0.25) is 4.84 Å². The Morgan fingerprint density at radius 1 is 1.38 bits per heavy atom. The van der Waals surface area contributed by atoms with Crippen LogP contribution in [0.2, 0.25) is 0 Å². The lowest BCUT2D eigenvalue weighted by molar-refractivity contribution is 0.151. The molecular formula is C15H17N3O2S. The molecule has 0 radical (unpaired) electrons. The SMILES string of the molecule is CCNC(=O)ON=C(C)c1sc(-c2ccccc2)nc1C. The number of rotatable bonds is 4. The van der Waals surface area contributed by atoms with Gasteiger partial charge in [0.05, 0.1) is 16.3 Å². The minimum absolute atomic E-state index is 0.505. The van der Waals surface area contributed by atoms with Crippen LogP contribution in [-0.2, 0) is 4.84 Å². The minimum atomic E-state index is -0.553. The van der Waals surface area contributed by atoms with E-state index in [1.165, 1.54) is 11.3 Å². The van der Waals surface area contributed by atoms with Gasteiger partial charge in [0.1, 0.15) is 5.01 Å². The normalized spacial score (nSPS) is 11.3. The van der Waals surface area contributed by atoms with Crippen molar-refractivity contribution in [3.05, 3.63) is 40.9 Å². The molecule has 1 aromatic carbocycles. The Bertz CT molecular complexity index is 650. The monoisotopic (exact) mass is 303 g/mol. The fraction of sp³-hybridized carbons (Fsp3) is 0.267. The zero-order valence-corrected chi connectivity index (χ0v) is 13.0. The van der Waals surface area contributed by atoms with Crippen molar-refractivity contribution in [1.82, 2.24) is 10.3 Å². The zero-order chi connectivity index (χ0) is 15.2. The van der Waals surface area contributed by atoms with Gasteiger partial charge in [0, 0.05) is 12.1 Å². The number of benzene rings is 1. The number of nitrogens with zero attached hydrogens (tertiary/aromatic N) is 2. The summed E-state index contributed by atoms with van der Waals surface area (Å²) in [4.78, 5) is 21.5. The molecule has 1 heterocycles. The van der Waals surface area contributed by atoms with Crippen LogP contribution in [0, 0.1) is 6.92 Å². The Labute approximate surface area is 127 Å². The summed E-state index contributed by atoms with van der Waals surface area (Å²) in [6, 6.07) is 9.95. The maximum atomic E-state index is 11.2. The van der Waals surface area contributed by atoms with E-state index in [2.05, 4.69) is 15.5 Å². The molecule has 0 unspecified atom stereocenters. The number of hydrogen-bond donors (Lipinski definition) is 1. The molecule has 0 saturated heterocycles. The molecule has 0 saturated carbocycles. The standard InChI is InChI=1S/C15H17N3O2S/c1-4-16-15(19)20-18-11(3)13-10(2)17-14(21-13)12-8-6-5-7-9-12/h5-9H,4H2,1-3H3,(H,16,19). The van der Waals surface area contributed by atoms with Gasteiger partial charge in [-0.2, -0.15) is 0 Å².